The molecule has 6 rings (SSSR count). The number of fused-ring (bicyclic) bond motifs is 4. The number of nitrogens with zero attached hydrogens (tertiary/aromatic N) is 2. The van der Waals surface area contributed by atoms with Crippen LogP contribution in [-0.4, -0.2) is 72.6 Å². The van der Waals surface area contributed by atoms with Crippen molar-refractivity contribution in [3.05, 3.63) is 59.7 Å². The summed E-state index contributed by atoms with van der Waals surface area (Å²) in [6.07, 6.45) is 1.69. The minimum Gasteiger partial charge on any atom is -0.504 e. The number of rotatable bonds is 6. The molecule has 6 atom stereocenters. The molecule has 224 valence electrons. The van der Waals surface area contributed by atoms with Gasteiger partial charge in [0, 0.05) is 11.5 Å². The Morgan fingerprint density at radius 1 is 1.05 bits per heavy atom. The van der Waals surface area contributed by atoms with Crippen LogP contribution in [0.15, 0.2) is 54.1 Å². The number of ether oxygens (including phenoxy) is 1. The van der Waals surface area contributed by atoms with Crippen molar-refractivity contribution >= 4 is 81.0 Å². The standard InChI is InChI=1S/C29H26BBrCl2N2O8/c1-2-43-20-8-4-7-18(23(20)36)22-16-9-10-17-21(19(16)12-28(32)26(39)34(13-31)27(40)29(22,28)33)25(38)35(24(17)37)15-6-3-5-14(11-15)30(41)42/h3-9,11,17,19,21-22,36,41-42H,2,10,12-13H2,1H3/t17-,19+,21-,22+,28+,29-/m0/s1. The summed E-state index contributed by atoms with van der Waals surface area (Å²) in [7, 11) is -1.81. The number of aromatic hydroxyl groups is 1. The summed E-state index contributed by atoms with van der Waals surface area (Å²) in [6.45, 7) is 2.00. The molecule has 3 N–H and O–H groups in total. The number of alkyl halides is 3. The first kappa shape index (κ1) is 30.1. The van der Waals surface area contributed by atoms with Gasteiger partial charge in [-0.3, -0.25) is 29.0 Å². The highest BCUT2D eigenvalue weighted by atomic mass is 79.9. The van der Waals surface area contributed by atoms with E-state index in [9.17, 15) is 34.3 Å². The average Bonchev–Trinajstić information content (AvgIpc) is 3.32. The molecule has 0 radical (unpaired) electrons. The summed E-state index contributed by atoms with van der Waals surface area (Å²) in [6, 6.07) is 10.6. The number of likely N-dealkylation sites (tertiary alicyclic amines) is 1. The fourth-order valence-corrected chi connectivity index (χ4v) is 8.64. The van der Waals surface area contributed by atoms with E-state index in [-0.39, 0.29) is 53.1 Å². The Balaban J connectivity index is 1.52. The second-order valence-electron chi connectivity index (χ2n) is 11.1. The molecule has 2 saturated heterocycles. The maximum absolute atomic E-state index is 14.1. The fourth-order valence-electron chi connectivity index (χ4n) is 7.22. The lowest BCUT2D eigenvalue weighted by Gasteiger charge is -2.50. The normalized spacial score (nSPS) is 31.5. The number of halogens is 3. The molecule has 43 heavy (non-hydrogen) atoms. The van der Waals surface area contributed by atoms with Gasteiger partial charge in [0.05, 0.1) is 29.6 Å². The first-order chi connectivity index (χ1) is 20.4. The molecule has 4 aliphatic rings. The highest BCUT2D eigenvalue weighted by Crippen LogP contribution is 2.66. The van der Waals surface area contributed by atoms with Gasteiger partial charge in [0.15, 0.2) is 21.2 Å². The molecule has 1 saturated carbocycles. The third-order valence-corrected chi connectivity index (χ3v) is 11.0. The van der Waals surface area contributed by atoms with Crippen LogP contribution in [0.4, 0.5) is 5.69 Å². The number of amides is 4. The first-order valence-corrected chi connectivity index (χ1v) is 15.6. The number of imide groups is 2. The molecule has 3 fully saturated rings. The van der Waals surface area contributed by atoms with Crippen LogP contribution in [0.25, 0.3) is 0 Å². The lowest BCUT2D eigenvalue weighted by molar-refractivity contribution is -0.138. The number of phenols is 1. The van der Waals surface area contributed by atoms with Crippen molar-refractivity contribution in [2.75, 3.05) is 17.0 Å². The first-order valence-electron chi connectivity index (χ1n) is 13.7. The topological polar surface area (TPSA) is 145 Å². The van der Waals surface area contributed by atoms with E-state index in [1.165, 1.54) is 24.3 Å². The number of carbonyl (C=O) groups is 4. The molecule has 4 amide bonds. The lowest BCUT2D eigenvalue weighted by Crippen LogP contribution is -2.60. The zero-order chi connectivity index (χ0) is 31.0. The lowest BCUT2D eigenvalue weighted by atomic mass is 9.56. The van der Waals surface area contributed by atoms with Gasteiger partial charge in [0.25, 0.3) is 11.8 Å². The SMILES string of the molecule is CCOc1cccc([C@H]2C3=CC[C@@H]4C(=O)N(c5cccc(B(O)O)c5)C(=O)[C@@H]4[C@@H]3C[C@@]3(Cl)C(=O)N(CBr)C(=O)[C@@]23Cl)c1O. The van der Waals surface area contributed by atoms with Gasteiger partial charge >= 0.3 is 7.12 Å². The monoisotopic (exact) mass is 690 g/mol. The maximum atomic E-state index is 14.1. The number of carbonyl (C=O) groups excluding carboxylic acids is 4. The van der Waals surface area contributed by atoms with Gasteiger partial charge in [-0.25, -0.2) is 0 Å². The Morgan fingerprint density at radius 3 is 2.44 bits per heavy atom. The molecule has 0 spiro atoms. The predicted octanol–water partition coefficient (Wildman–Crippen LogP) is 2.39. The number of phenolic OH excluding ortho intramolecular Hbond substituents is 1. The smallest absolute Gasteiger partial charge is 0.488 e. The average molecular weight is 692 g/mol. The second-order valence-corrected chi connectivity index (χ2v) is 12.8. The van der Waals surface area contributed by atoms with Crippen molar-refractivity contribution in [1.82, 2.24) is 4.90 Å². The molecular weight excluding hydrogens is 666 g/mol. The summed E-state index contributed by atoms with van der Waals surface area (Å²) in [4.78, 5) is 53.4. The highest BCUT2D eigenvalue weighted by molar-refractivity contribution is 9.09. The molecule has 2 aliphatic carbocycles. The summed E-state index contributed by atoms with van der Waals surface area (Å²) in [5, 5.41) is 30.7. The van der Waals surface area contributed by atoms with Crippen molar-refractivity contribution in [1.29, 1.82) is 0 Å². The number of para-hydroxylation sites is 1. The minimum absolute atomic E-state index is 0.103. The van der Waals surface area contributed by atoms with E-state index >= 15 is 0 Å². The minimum atomic E-state index is -2.06. The number of hydrogen-bond donors (Lipinski definition) is 3. The Kier molecular flexibility index (Phi) is 7.45. The van der Waals surface area contributed by atoms with Crippen molar-refractivity contribution in [2.45, 2.75) is 35.4 Å². The number of allylic oxidation sites excluding steroid dienone is 2. The van der Waals surface area contributed by atoms with E-state index in [0.717, 1.165) is 9.80 Å². The van der Waals surface area contributed by atoms with Crippen LogP contribution in [-0.2, 0) is 19.2 Å². The van der Waals surface area contributed by atoms with Gasteiger partial charge in [-0.2, -0.15) is 0 Å². The molecule has 14 heteroatoms. The number of hydrogen-bond acceptors (Lipinski definition) is 8. The van der Waals surface area contributed by atoms with Crippen molar-refractivity contribution in [3.63, 3.8) is 0 Å². The zero-order valence-corrected chi connectivity index (χ0v) is 25.8. The number of anilines is 1. The van der Waals surface area contributed by atoms with Crippen LogP contribution in [0, 0.1) is 17.8 Å². The number of benzene rings is 2. The fraction of sp³-hybridized carbons (Fsp3) is 0.379. The van der Waals surface area contributed by atoms with E-state index < -0.39 is 64.2 Å². The van der Waals surface area contributed by atoms with Crippen LogP contribution in [0.3, 0.4) is 0 Å². The quantitative estimate of drug-likeness (QED) is 0.138. The Labute approximate surface area is 265 Å². The van der Waals surface area contributed by atoms with Gasteiger partial charge < -0.3 is 19.9 Å². The summed E-state index contributed by atoms with van der Waals surface area (Å²) in [5.41, 5.74) is 0.841. The summed E-state index contributed by atoms with van der Waals surface area (Å²) < 4.78 is 5.60. The van der Waals surface area contributed by atoms with Gasteiger partial charge in [0.2, 0.25) is 11.8 Å². The molecule has 0 aromatic heterocycles. The predicted molar refractivity (Wildman–Crippen MR) is 161 cm³/mol. The zero-order valence-electron chi connectivity index (χ0n) is 22.7. The van der Waals surface area contributed by atoms with Crippen molar-refractivity contribution in [2.24, 2.45) is 17.8 Å². The second kappa shape index (κ2) is 10.6. The van der Waals surface area contributed by atoms with Crippen LogP contribution in [0.1, 0.15) is 31.2 Å². The van der Waals surface area contributed by atoms with Gasteiger partial charge in [-0.05, 0) is 49.3 Å². The third kappa shape index (κ3) is 4.06. The van der Waals surface area contributed by atoms with Gasteiger partial charge in [0.1, 0.15) is 0 Å². The van der Waals surface area contributed by atoms with Crippen LogP contribution in [0.2, 0.25) is 0 Å². The van der Waals surface area contributed by atoms with Crippen molar-refractivity contribution < 1.29 is 39.1 Å². The summed E-state index contributed by atoms with van der Waals surface area (Å²) in [5.74, 6) is -6.31. The van der Waals surface area contributed by atoms with Crippen LogP contribution < -0.4 is 15.1 Å². The Bertz CT molecular complexity index is 1610. The Morgan fingerprint density at radius 2 is 1.77 bits per heavy atom. The van der Waals surface area contributed by atoms with E-state index in [0.29, 0.717) is 5.57 Å². The van der Waals surface area contributed by atoms with Gasteiger partial charge in [-0.15, -0.1) is 23.2 Å². The van der Waals surface area contributed by atoms with E-state index in [1.807, 2.05) is 0 Å². The third-order valence-electron chi connectivity index (χ3n) is 9.08. The molecule has 0 bridgehead atoms. The highest BCUT2D eigenvalue weighted by Gasteiger charge is 2.76. The van der Waals surface area contributed by atoms with Crippen molar-refractivity contribution in [3.8, 4) is 11.5 Å². The Hall–Kier alpha value is -2.90. The molecular formula is C29H26BBrCl2N2O8. The maximum Gasteiger partial charge on any atom is 0.488 e. The van der Waals surface area contributed by atoms with E-state index in [2.05, 4.69) is 15.9 Å². The molecule has 0 unspecified atom stereocenters. The molecule has 10 nitrogen and oxygen atoms in total. The van der Waals surface area contributed by atoms with Gasteiger partial charge in [-0.1, -0.05) is 51.8 Å². The largest absolute Gasteiger partial charge is 0.504 e. The molecule has 2 aromatic rings. The molecule has 2 aromatic carbocycles. The molecule has 2 aliphatic heterocycles. The summed E-state index contributed by atoms with van der Waals surface area (Å²) >= 11 is 17.6. The van der Waals surface area contributed by atoms with E-state index in [1.54, 1.807) is 31.2 Å². The molecule has 2 heterocycles. The van der Waals surface area contributed by atoms with Crippen LogP contribution in [0.5, 0.6) is 11.5 Å². The van der Waals surface area contributed by atoms with E-state index in [4.69, 9.17) is 27.9 Å². The van der Waals surface area contributed by atoms with Crippen LogP contribution >= 0.6 is 39.1 Å².